The van der Waals surface area contributed by atoms with Crippen LogP contribution in [0.2, 0.25) is 0 Å². The van der Waals surface area contributed by atoms with E-state index >= 15 is 0 Å². The monoisotopic (exact) mass is 239 g/mol. The van der Waals surface area contributed by atoms with E-state index in [4.69, 9.17) is 5.73 Å². The summed E-state index contributed by atoms with van der Waals surface area (Å²) < 4.78 is 4.57. The number of thioether (sulfide) groups is 1. The first kappa shape index (κ1) is 12.9. The Balaban J connectivity index is 2.38. The minimum atomic E-state index is -0.155. The maximum Gasteiger partial charge on any atom is 0.305 e. The number of anilines is 1. The third-order valence-corrected chi connectivity index (χ3v) is 3.45. The van der Waals surface area contributed by atoms with Crippen LogP contribution >= 0.6 is 11.8 Å². The first-order valence-electron chi connectivity index (χ1n) is 5.20. The molecule has 2 N–H and O–H groups in total. The van der Waals surface area contributed by atoms with Gasteiger partial charge in [0.25, 0.3) is 0 Å². The van der Waals surface area contributed by atoms with E-state index in [0.717, 1.165) is 28.3 Å². The molecule has 1 aromatic carbocycles. The molecule has 0 unspecified atom stereocenters. The maximum absolute atomic E-state index is 10.9. The molecule has 0 heterocycles. The van der Waals surface area contributed by atoms with Crippen molar-refractivity contribution in [2.75, 3.05) is 18.6 Å². The number of carbonyl (C=O) groups excluding carboxylic acids is 1. The van der Waals surface area contributed by atoms with Crippen LogP contribution in [-0.2, 0) is 9.53 Å². The zero-order valence-corrected chi connectivity index (χ0v) is 10.5. The van der Waals surface area contributed by atoms with Gasteiger partial charge in [0.1, 0.15) is 0 Å². The number of benzene rings is 1. The molecule has 0 saturated heterocycles. The second kappa shape index (κ2) is 6.43. The van der Waals surface area contributed by atoms with Gasteiger partial charge in [0, 0.05) is 17.0 Å². The molecule has 3 nitrogen and oxygen atoms in total. The third kappa shape index (κ3) is 3.77. The molecule has 0 aromatic heterocycles. The van der Waals surface area contributed by atoms with Gasteiger partial charge in [-0.25, -0.2) is 0 Å². The standard InChI is InChI=1S/C12H17NO2S/c1-9-5-3-6-10(12(9)13)16-8-4-7-11(14)15-2/h3,5-6H,4,7-8,13H2,1-2H3. The van der Waals surface area contributed by atoms with Crippen molar-refractivity contribution in [3.8, 4) is 0 Å². The van der Waals surface area contributed by atoms with Gasteiger partial charge in [0.15, 0.2) is 0 Å². The van der Waals surface area contributed by atoms with Crippen LogP contribution in [0.25, 0.3) is 0 Å². The summed E-state index contributed by atoms with van der Waals surface area (Å²) in [5.74, 6) is 0.723. The molecule has 0 amide bonds. The Morgan fingerprint density at radius 3 is 2.94 bits per heavy atom. The van der Waals surface area contributed by atoms with Crippen molar-refractivity contribution in [1.29, 1.82) is 0 Å². The predicted octanol–water partition coefficient (Wildman–Crippen LogP) is 2.62. The van der Waals surface area contributed by atoms with Gasteiger partial charge in [-0.3, -0.25) is 4.79 Å². The number of rotatable bonds is 5. The van der Waals surface area contributed by atoms with E-state index in [1.54, 1.807) is 11.8 Å². The summed E-state index contributed by atoms with van der Waals surface area (Å²) in [6.07, 6.45) is 1.28. The molecular formula is C12H17NO2S. The molecule has 0 aliphatic rings. The first-order valence-corrected chi connectivity index (χ1v) is 6.18. The summed E-state index contributed by atoms with van der Waals surface area (Å²) in [6, 6.07) is 5.99. The highest BCUT2D eigenvalue weighted by atomic mass is 32.2. The summed E-state index contributed by atoms with van der Waals surface area (Å²) in [6.45, 7) is 1.99. The molecule has 16 heavy (non-hydrogen) atoms. The number of aryl methyl sites for hydroxylation is 1. The zero-order chi connectivity index (χ0) is 12.0. The van der Waals surface area contributed by atoms with Gasteiger partial charge in [-0.1, -0.05) is 12.1 Å². The minimum Gasteiger partial charge on any atom is -0.469 e. The molecule has 88 valence electrons. The van der Waals surface area contributed by atoms with E-state index in [9.17, 15) is 4.79 Å². The van der Waals surface area contributed by atoms with Crippen LogP contribution in [0.5, 0.6) is 0 Å². The fourth-order valence-corrected chi connectivity index (χ4v) is 2.28. The summed E-state index contributed by atoms with van der Waals surface area (Å²) in [4.78, 5) is 12.0. The summed E-state index contributed by atoms with van der Waals surface area (Å²) in [5, 5.41) is 0. The van der Waals surface area contributed by atoms with Gasteiger partial charge >= 0.3 is 5.97 Å². The van der Waals surface area contributed by atoms with Gasteiger partial charge in [-0.05, 0) is 30.7 Å². The van der Waals surface area contributed by atoms with Gasteiger partial charge in [0.05, 0.1) is 7.11 Å². The van der Waals surface area contributed by atoms with Crippen molar-refractivity contribution in [2.24, 2.45) is 0 Å². The van der Waals surface area contributed by atoms with E-state index in [-0.39, 0.29) is 5.97 Å². The second-order valence-corrected chi connectivity index (χ2v) is 4.65. The van der Waals surface area contributed by atoms with Crippen molar-refractivity contribution in [3.63, 3.8) is 0 Å². The van der Waals surface area contributed by atoms with Crippen molar-refractivity contribution in [1.82, 2.24) is 0 Å². The lowest BCUT2D eigenvalue weighted by molar-refractivity contribution is -0.140. The van der Waals surface area contributed by atoms with E-state index in [2.05, 4.69) is 4.74 Å². The van der Waals surface area contributed by atoms with E-state index < -0.39 is 0 Å². The van der Waals surface area contributed by atoms with Gasteiger partial charge in [-0.15, -0.1) is 11.8 Å². The van der Waals surface area contributed by atoms with Crippen LogP contribution in [0, 0.1) is 6.92 Å². The Hall–Kier alpha value is -1.16. The van der Waals surface area contributed by atoms with E-state index in [1.807, 2.05) is 25.1 Å². The minimum absolute atomic E-state index is 0.155. The van der Waals surface area contributed by atoms with Gasteiger partial charge in [0.2, 0.25) is 0 Å². The Bertz CT molecular complexity index is 366. The second-order valence-electron chi connectivity index (χ2n) is 3.51. The number of nitrogens with two attached hydrogens (primary N) is 1. The van der Waals surface area contributed by atoms with Gasteiger partial charge in [-0.2, -0.15) is 0 Å². The highest BCUT2D eigenvalue weighted by Gasteiger charge is 2.03. The molecule has 0 spiro atoms. The van der Waals surface area contributed by atoms with Gasteiger partial charge < -0.3 is 10.5 Å². The van der Waals surface area contributed by atoms with Crippen molar-refractivity contribution in [2.45, 2.75) is 24.7 Å². The molecule has 1 rings (SSSR count). The largest absolute Gasteiger partial charge is 0.469 e. The highest BCUT2D eigenvalue weighted by Crippen LogP contribution is 2.27. The normalized spacial score (nSPS) is 10.1. The zero-order valence-electron chi connectivity index (χ0n) is 9.66. The SMILES string of the molecule is COC(=O)CCCSc1cccc(C)c1N. The van der Waals surface area contributed by atoms with E-state index in [0.29, 0.717) is 6.42 Å². The molecule has 0 fully saturated rings. The number of esters is 1. The quantitative estimate of drug-likeness (QED) is 0.371. The van der Waals surface area contributed by atoms with Crippen molar-refractivity contribution in [3.05, 3.63) is 23.8 Å². The number of hydrogen-bond acceptors (Lipinski definition) is 4. The molecule has 0 radical (unpaired) electrons. The molecule has 4 heteroatoms. The molecular weight excluding hydrogens is 222 g/mol. The number of methoxy groups -OCH3 is 1. The van der Waals surface area contributed by atoms with Crippen LogP contribution in [0.15, 0.2) is 23.1 Å². The lowest BCUT2D eigenvalue weighted by Crippen LogP contribution is -2.00. The van der Waals surface area contributed by atoms with Crippen molar-refractivity contribution < 1.29 is 9.53 Å². The fourth-order valence-electron chi connectivity index (χ4n) is 1.28. The lowest BCUT2D eigenvalue weighted by atomic mass is 10.2. The number of para-hydroxylation sites is 1. The Kier molecular flexibility index (Phi) is 5.19. The Morgan fingerprint density at radius 2 is 2.25 bits per heavy atom. The Morgan fingerprint density at radius 1 is 1.50 bits per heavy atom. The molecule has 0 saturated carbocycles. The van der Waals surface area contributed by atoms with Crippen LogP contribution in [0.3, 0.4) is 0 Å². The number of hydrogen-bond donors (Lipinski definition) is 1. The molecule has 1 aromatic rings. The lowest BCUT2D eigenvalue weighted by Gasteiger charge is -2.07. The highest BCUT2D eigenvalue weighted by molar-refractivity contribution is 7.99. The van der Waals surface area contributed by atoms with Crippen LogP contribution in [-0.4, -0.2) is 18.8 Å². The molecule has 0 atom stereocenters. The number of nitrogen functional groups attached to an aromatic ring is 1. The van der Waals surface area contributed by atoms with Crippen LogP contribution in [0.4, 0.5) is 5.69 Å². The topological polar surface area (TPSA) is 52.3 Å². The number of carbonyl (C=O) groups is 1. The average molecular weight is 239 g/mol. The first-order chi connectivity index (χ1) is 7.65. The third-order valence-electron chi connectivity index (χ3n) is 2.29. The summed E-state index contributed by atoms with van der Waals surface area (Å²) in [7, 11) is 1.41. The van der Waals surface area contributed by atoms with Crippen LogP contribution < -0.4 is 5.73 Å². The van der Waals surface area contributed by atoms with Crippen molar-refractivity contribution >= 4 is 23.4 Å². The molecule has 0 aliphatic heterocycles. The number of ether oxygens (including phenoxy) is 1. The summed E-state index contributed by atoms with van der Waals surface area (Å²) >= 11 is 1.68. The van der Waals surface area contributed by atoms with Crippen LogP contribution in [0.1, 0.15) is 18.4 Å². The average Bonchev–Trinajstić information content (AvgIpc) is 2.29. The maximum atomic E-state index is 10.9. The smallest absolute Gasteiger partial charge is 0.305 e. The fraction of sp³-hybridized carbons (Fsp3) is 0.417. The van der Waals surface area contributed by atoms with E-state index in [1.165, 1.54) is 7.11 Å². The molecule has 0 bridgehead atoms. The summed E-state index contributed by atoms with van der Waals surface area (Å²) in [5.41, 5.74) is 7.87. The Labute approximate surface area is 100 Å². The molecule has 0 aliphatic carbocycles. The predicted molar refractivity (Wildman–Crippen MR) is 67.6 cm³/mol.